The number of nitrogens with one attached hydrogen (secondary N) is 1. The van der Waals surface area contributed by atoms with Gasteiger partial charge in [0.15, 0.2) is 0 Å². The number of carbonyl (C=O) groups excluding carboxylic acids is 1. The van der Waals surface area contributed by atoms with Crippen LogP contribution in [0.5, 0.6) is 0 Å². The first kappa shape index (κ1) is 10.5. The minimum absolute atomic E-state index is 0.123. The molecule has 0 spiro atoms. The van der Waals surface area contributed by atoms with Crippen molar-refractivity contribution in [2.24, 2.45) is 5.73 Å². The van der Waals surface area contributed by atoms with Crippen molar-refractivity contribution >= 4 is 5.91 Å². The Bertz CT molecular complexity index is 164. The highest BCUT2D eigenvalue weighted by atomic mass is 16.2. The first-order valence-electron chi connectivity index (χ1n) is 4.97. The van der Waals surface area contributed by atoms with E-state index in [1.807, 2.05) is 6.92 Å². The quantitative estimate of drug-likeness (QED) is 0.626. The van der Waals surface area contributed by atoms with Gasteiger partial charge in [-0.15, -0.1) is 0 Å². The summed E-state index contributed by atoms with van der Waals surface area (Å²) in [5.41, 5.74) is 5.76. The van der Waals surface area contributed by atoms with Crippen molar-refractivity contribution in [2.45, 2.75) is 25.8 Å². The summed E-state index contributed by atoms with van der Waals surface area (Å²) in [6.07, 6.45) is 2.03. The first-order valence-corrected chi connectivity index (χ1v) is 4.97. The van der Waals surface area contributed by atoms with Crippen LogP contribution in [-0.2, 0) is 4.79 Å². The summed E-state index contributed by atoms with van der Waals surface area (Å²) in [5.74, 6) is 0.123. The number of rotatable bonds is 3. The normalized spacial score (nSPS) is 20.2. The molecule has 0 saturated carbocycles. The van der Waals surface area contributed by atoms with Crippen molar-refractivity contribution in [3.63, 3.8) is 0 Å². The SMILES string of the molecule is CCNC(=O)CN1CCC(N)CC1. The van der Waals surface area contributed by atoms with Crippen molar-refractivity contribution in [1.82, 2.24) is 10.2 Å². The zero-order chi connectivity index (χ0) is 9.68. The largest absolute Gasteiger partial charge is 0.355 e. The van der Waals surface area contributed by atoms with E-state index in [1.165, 1.54) is 0 Å². The van der Waals surface area contributed by atoms with Gasteiger partial charge in [0.05, 0.1) is 6.54 Å². The third-order valence-electron chi connectivity index (χ3n) is 2.37. The van der Waals surface area contributed by atoms with Crippen molar-refractivity contribution in [3.05, 3.63) is 0 Å². The highest BCUT2D eigenvalue weighted by molar-refractivity contribution is 5.77. The number of hydrogen-bond donors (Lipinski definition) is 2. The van der Waals surface area contributed by atoms with E-state index < -0.39 is 0 Å². The number of amides is 1. The van der Waals surface area contributed by atoms with E-state index in [0.29, 0.717) is 19.1 Å². The molecule has 0 bridgehead atoms. The summed E-state index contributed by atoms with van der Waals surface area (Å²) in [6.45, 7) is 5.09. The fourth-order valence-electron chi connectivity index (χ4n) is 1.57. The molecule has 1 saturated heterocycles. The van der Waals surface area contributed by atoms with Gasteiger partial charge in [-0.1, -0.05) is 0 Å². The predicted octanol–water partition coefficient (Wildman–Crippen LogP) is -0.454. The van der Waals surface area contributed by atoms with E-state index >= 15 is 0 Å². The van der Waals surface area contributed by atoms with Gasteiger partial charge in [-0.25, -0.2) is 0 Å². The molecule has 0 aromatic carbocycles. The number of likely N-dealkylation sites (tertiary alicyclic amines) is 1. The molecule has 1 fully saturated rings. The van der Waals surface area contributed by atoms with Crippen LogP contribution < -0.4 is 11.1 Å². The van der Waals surface area contributed by atoms with Crippen LogP contribution in [0, 0.1) is 0 Å². The second-order valence-electron chi connectivity index (χ2n) is 3.57. The zero-order valence-corrected chi connectivity index (χ0v) is 8.25. The van der Waals surface area contributed by atoms with Crippen molar-refractivity contribution < 1.29 is 4.79 Å². The van der Waals surface area contributed by atoms with Gasteiger partial charge in [0.2, 0.25) is 5.91 Å². The third kappa shape index (κ3) is 3.74. The number of hydrogen-bond acceptors (Lipinski definition) is 3. The van der Waals surface area contributed by atoms with E-state index in [-0.39, 0.29) is 5.91 Å². The Labute approximate surface area is 79.5 Å². The number of nitrogens with zero attached hydrogens (tertiary/aromatic N) is 1. The predicted molar refractivity (Wildman–Crippen MR) is 52.3 cm³/mol. The number of piperidine rings is 1. The first-order chi connectivity index (χ1) is 6.22. The summed E-state index contributed by atoms with van der Waals surface area (Å²) in [6, 6.07) is 0.338. The molecule has 4 heteroatoms. The average Bonchev–Trinajstić information content (AvgIpc) is 2.09. The molecule has 0 atom stereocenters. The van der Waals surface area contributed by atoms with Crippen molar-refractivity contribution in [3.8, 4) is 0 Å². The van der Waals surface area contributed by atoms with Crippen LogP contribution in [0.25, 0.3) is 0 Å². The topological polar surface area (TPSA) is 58.4 Å². The minimum atomic E-state index is 0.123. The Morgan fingerprint density at radius 1 is 1.54 bits per heavy atom. The van der Waals surface area contributed by atoms with E-state index in [2.05, 4.69) is 10.2 Å². The second kappa shape index (κ2) is 5.19. The number of carbonyl (C=O) groups is 1. The lowest BCUT2D eigenvalue weighted by molar-refractivity contribution is -0.122. The fraction of sp³-hybridized carbons (Fsp3) is 0.889. The average molecular weight is 185 g/mol. The van der Waals surface area contributed by atoms with Gasteiger partial charge in [-0.05, 0) is 19.8 Å². The second-order valence-corrected chi connectivity index (χ2v) is 3.57. The van der Waals surface area contributed by atoms with Crippen LogP contribution >= 0.6 is 0 Å². The lowest BCUT2D eigenvalue weighted by Crippen LogP contribution is -2.44. The summed E-state index contributed by atoms with van der Waals surface area (Å²) < 4.78 is 0. The Hall–Kier alpha value is -0.610. The molecule has 0 aromatic rings. The third-order valence-corrected chi connectivity index (χ3v) is 2.37. The Morgan fingerprint density at radius 3 is 2.69 bits per heavy atom. The molecule has 0 aliphatic carbocycles. The molecule has 1 aliphatic heterocycles. The molecule has 0 aromatic heterocycles. The lowest BCUT2D eigenvalue weighted by atomic mass is 10.1. The molecule has 1 heterocycles. The highest BCUT2D eigenvalue weighted by Gasteiger charge is 2.17. The van der Waals surface area contributed by atoms with Crippen LogP contribution in [0.4, 0.5) is 0 Å². The molecular formula is C9H19N3O. The molecule has 76 valence electrons. The molecule has 1 amide bonds. The maximum Gasteiger partial charge on any atom is 0.234 e. The van der Waals surface area contributed by atoms with Gasteiger partial charge < -0.3 is 11.1 Å². The van der Waals surface area contributed by atoms with Gasteiger partial charge in [0.25, 0.3) is 0 Å². The maximum absolute atomic E-state index is 11.2. The Kier molecular flexibility index (Phi) is 4.18. The summed E-state index contributed by atoms with van der Waals surface area (Å²) in [4.78, 5) is 13.4. The molecule has 1 rings (SSSR count). The maximum atomic E-state index is 11.2. The standard InChI is InChI=1S/C9H19N3O/c1-2-11-9(13)7-12-5-3-8(10)4-6-12/h8H,2-7,10H2,1H3,(H,11,13). The van der Waals surface area contributed by atoms with Crippen LogP contribution in [0.1, 0.15) is 19.8 Å². The molecular weight excluding hydrogens is 166 g/mol. The number of likely N-dealkylation sites (N-methyl/N-ethyl adjacent to an activating group) is 1. The molecule has 3 N–H and O–H groups in total. The van der Waals surface area contributed by atoms with Crippen LogP contribution in [0.15, 0.2) is 0 Å². The fourth-order valence-corrected chi connectivity index (χ4v) is 1.57. The van der Waals surface area contributed by atoms with Crippen LogP contribution in [0.3, 0.4) is 0 Å². The minimum Gasteiger partial charge on any atom is -0.355 e. The number of nitrogens with two attached hydrogens (primary N) is 1. The van der Waals surface area contributed by atoms with E-state index in [4.69, 9.17) is 5.73 Å². The zero-order valence-electron chi connectivity index (χ0n) is 8.25. The highest BCUT2D eigenvalue weighted by Crippen LogP contribution is 2.06. The van der Waals surface area contributed by atoms with Gasteiger partial charge in [-0.2, -0.15) is 0 Å². The summed E-state index contributed by atoms with van der Waals surface area (Å²) in [5, 5.41) is 2.79. The van der Waals surface area contributed by atoms with E-state index in [0.717, 1.165) is 25.9 Å². The van der Waals surface area contributed by atoms with E-state index in [9.17, 15) is 4.79 Å². The molecule has 4 nitrogen and oxygen atoms in total. The van der Waals surface area contributed by atoms with Gasteiger partial charge >= 0.3 is 0 Å². The van der Waals surface area contributed by atoms with Crippen LogP contribution in [-0.4, -0.2) is 43.0 Å². The van der Waals surface area contributed by atoms with Gasteiger partial charge in [0, 0.05) is 25.7 Å². The molecule has 13 heavy (non-hydrogen) atoms. The van der Waals surface area contributed by atoms with E-state index in [1.54, 1.807) is 0 Å². The molecule has 0 unspecified atom stereocenters. The van der Waals surface area contributed by atoms with Crippen molar-refractivity contribution in [2.75, 3.05) is 26.2 Å². The Morgan fingerprint density at radius 2 is 2.15 bits per heavy atom. The van der Waals surface area contributed by atoms with Gasteiger partial charge in [0.1, 0.15) is 0 Å². The summed E-state index contributed by atoms with van der Waals surface area (Å²) in [7, 11) is 0. The monoisotopic (exact) mass is 185 g/mol. The van der Waals surface area contributed by atoms with Crippen LogP contribution in [0.2, 0.25) is 0 Å². The van der Waals surface area contributed by atoms with Gasteiger partial charge in [-0.3, -0.25) is 9.69 Å². The van der Waals surface area contributed by atoms with Crippen molar-refractivity contribution in [1.29, 1.82) is 0 Å². The molecule has 0 radical (unpaired) electrons. The summed E-state index contributed by atoms with van der Waals surface area (Å²) >= 11 is 0. The lowest BCUT2D eigenvalue weighted by Gasteiger charge is -2.29. The smallest absolute Gasteiger partial charge is 0.234 e. The Balaban J connectivity index is 2.18. The molecule has 1 aliphatic rings.